The lowest BCUT2D eigenvalue weighted by Gasteiger charge is -2.15. The predicted molar refractivity (Wildman–Crippen MR) is 58.3 cm³/mol. The first kappa shape index (κ1) is 11.1. The number of anilines is 1. The molecule has 5 nitrogen and oxygen atoms in total. The molecule has 0 N–H and O–H groups in total. The summed E-state index contributed by atoms with van der Waals surface area (Å²) in [5.74, 6) is 0. The van der Waals surface area contributed by atoms with Gasteiger partial charge in [-0.2, -0.15) is 0 Å². The normalized spacial score (nSPS) is 9.13. The highest BCUT2D eigenvalue weighted by molar-refractivity contribution is 5.75. The van der Waals surface area contributed by atoms with E-state index < -0.39 is 0 Å². The Labute approximate surface area is 87.9 Å². The summed E-state index contributed by atoms with van der Waals surface area (Å²) in [4.78, 5) is 14.9. The minimum Gasteiger partial charge on any atom is -0.315 e. The second-order valence-electron chi connectivity index (χ2n) is 2.92. The first-order valence-electron chi connectivity index (χ1n) is 4.42. The van der Waals surface area contributed by atoms with E-state index in [0.717, 1.165) is 11.3 Å². The van der Waals surface area contributed by atoms with Crippen molar-refractivity contribution in [2.45, 2.75) is 0 Å². The smallest absolute Gasteiger partial charge is 0.214 e. The van der Waals surface area contributed by atoms with E-state index in [-0.39, 0.29) is 6.54 Å². The van der Waals surface area contributed by atoms with Gasteiger partial charge in [-0.3, -0.25) is 4.79 Å². The molecule has 1 aromatic carbocycles. The molecule has 0 aliphatic rings. The molecule has 5 heteroatoms. The molecule has 1 amide bonds. The highest BCUT2D eigenvalue weighted by Crippen LogP contribution is 2.12. The van der Waals surface area contributed by atoms with Crippen molar-refractivity contribution in [3.05, 3.63) is 47.2 Å². The van der Waals surface area contributed by atoms with Crippen molar-refractivity contribution in [3.63, 3.8) is 0 Å². The number of nitrogens with zero attached hydrogens (tertiary/aromatic N) is 4. The summed E-state index contributed by atoms with van der Waals surface area (Å²) in [6.45, 7) is 4.39. The Morgan fingerprint density at radius 2 is 2.13 bits per heavy atom. The van der Waals surface area contributed by atoms with Gasteiger partial charge in [-0.05, 0) is 30.2 Å². The molecule has 1 aromatic rings. The Morgan fingerprint density at radius 3 is 2.67 bits per heavy atom. The molecule has 1 rings (SSSR count). The molecule has 0 heterocycles. The standard InChI is InChI=1S/C10H11N4O/c1-9-2-4-10(5-3-9)14(8-15)7-6-12-13-11/h2-5,8H,1,6-7H2. The first-order chi connectivity index (χ1) is 7.27. The second-order valence-corrected chi connectivity index (χ2v) is 2.92. The number of carbonyl (C=O) groups is 1. The Hall–Kier alpha value is -2.00. The molecule has 0 aliphatic heterocycles. The van der Waals surface area contributed by atoms with Crippen LogP contribution in [0.15, 0.2) is 29.4 Å². The van der Waals surface area contributed by atoms with E-state index in [9.17, 15) is 4.79 Å². The van der Waals surface area contributed by atoms with Crippen molar-refractivity contribution < 1.29 is 4.79 Å². The number of hydrogen-bond donors (Lipinski definition) is 0. The maximum Gasteiger partial charge on any atom is 0.214 e. The number of benzene rings is 1. The van der Waals surface area contributed by atoms with Gasteiger partial charge >= 0.3 is 0 Å². The molecule has 77 valence electrons. The van der Waals surface area contributed by atoms with Gasteiger partial charge in [0.1, 0.15) is 0 Å². The van der Waals surface area contributed by atoms with Gasteiger partial charge in [-0.1, -0.05) is 17.2 Å². The Balaban J connectivity index is 2.69. The monoisotopic (exact) mass is 203 g/mol. The van der Waals surface area contributed by atoms with Gasteiger partial charge in [0, 0.05) is 23.7 Å². The quantitative estimate of drug-likeness (QED) is 0.313. The van der Waals surface area contributed by atoms with E-state index >= 15 is 0 Å². The topological polar surface area (TPSA) is 69.1 Å². The lowest BCUT2D eigenvalue weighted by Crippen LogP contribution is -2.23. The Bertz CT molecular complexity index is 368. The molecule has 0 aliphatic carbocycles. The van der Waals surface area contributed by atoms with Gasteiger partial charge < -0.3 is 4.90 Å². The number of amides is 1. The van der Waals surface area contributed by atoms with Crippen LogP contribution in [0.1, 0.15) is 5.56 Å². The summed E-state index contributed by atoms with van der Waals surface area (Å²) in [5.41, 5.74) is 9.76. The van der Waals surface area contributed by atoms with E-state index in [1.807, 2.05) is 12.1 Å². The second kappa shape index (κ2) is 5.67. The average molecular weight is 203 g/mol. The largest absolute Gasteiger partial charge is 0.315 e. The zero-order valence-corrected chi connectivity index (χ0v) is 8.21. The van der Waals surface area contributed by atoms with Crippen molar-refractivity contribution >= 4 is 12.1 Å². The van der Waals surface area contributed by atoms with E-state index in [1.165, 1.54) is 4.90 Å². The highest BCUT2D eigenvalue weighted by atomic mass is 16.1. The third kappa shape index (κ3) is 3.32. The van der Waals surface area contributed by atoms with Gasteiger partial charge in [0.05, 0.1) is 0 Å². The van der Waals surface area contributed by atoms with Gasteiger partial charge in [0.2, 0.25) is 6.41 Å². The van der Waals surface area contributed by atoms with Crippen molar-refractivity contribution in [1.29, 1.82) is 0 Å². The van der Waals surface area contributed by atoms with Crippen LogP contribution in [0.25, 0.3) is 10.4 Å². The van der Waals surface area contributed by atoms with Gasteiger partial charge in [-0.15, -0.1) is 0 Å². The van der Waals surface area contributed by atoms with Crippen LogP contribution < -0.4 is 4.90 Å². The maximum atomic E-state index is 10.8. The molecular weight excluding hydrogens is 192 g/mol. The van der Waals surface area contributed by atoms with E-state index in [4.69, 9.17) is 5.53 Å². The zero-order chi connectivity index (χ0) is 11.1. The third-order valence-corrected chi connectivity index (χ3v) is 1.90. The summed E-state index contributed by atoms with van der Waals surface area (Å²) in [6, 6.07) is 7.23. The fourth-order valence-corrected chi connectivity index (χ4v) is 1.13. The molecule has 0 fully saturated rings. The summed E-state index contributed by atoms with van der Waals surface area (Å²) in [7, 11) is 0. The average Bonchev–Trinajstić information content (AvgIpc) is 2.26. The molecule has 0 aromatic heterocycles. The highest BCUT2D eigenvalue weighted by Gasteiger charge is 2.02. The van der Waals surface area contributed by atoms with Crippen molar-refractivity contribution in [2.75, 3.05) is 18.0 Å². The Kier molecular flexibility index (Phi) is 4.19. The maximum absolute atomic E-state index is 10.8. The fraction of sp³-hybridized carbons (Fsp3) is 0.200. The van der Waals surface area contributed by atoms with Crippen LogP contribution in [0, 0.1) is 6.92 Å². The SMILES string of the molecule is [CH2]c1ccc(N(C=O)CCN=[N+]=[N-])cc1. The molecule has 15 heavy (non-hydrogen) atoms. The van der Waals surface area contributed by atoms with Crippen LogP contribution in [-0.2, 0) is 4.79 Å². The molecule has 0 spiro atoms. The lowest BCUT2D eigenvalue weighted by molar-refractivity contribution is -0.107. The molecule has 0 atom stereocenters. The fourth-order valence-electron chi connectivity index (χ4n) is 1.13. The predicted octanol–water partition coefficient (Wildman–Crippen LogP) is 2.14. The van der Waals surface area contributed by atoms with Gasteiger partial charge in [-0.25, -0.2) is 0 Å². The lowest BCUT2D eigenvalue weighted by atomic mass is 10.2. The van der Waals surface area contributed by atoms with Crippen LogP contribution >= 0.6 is 0 Å². The molecule has 0 bridgehead atoms. The van der Waals surface area contributed by atoms with E-state index in [0.29, 0.717) is 13.0 Å². The third-order valence-electron chi connectivity index (χ3n) is 1.90. The Morgan fingerprint density at radius 1 is 1.47 bits per heavy atom. The van der Waals surface area contributed by atoms with Crippen LogP contribution in [-0.4, -0.2) is 19.5 Å². The summed E-state index contributed by atoms with van der Waals surface area (Å²) >= 11 is 0. The molecule has 0 unspecified atom stereocenters. The van der Waals surface area contributed by atoms with Crippen molar-refractivity contribution in [3.8, 4) is 0 Å². The number of rotatable bonds is 5. The van der Waals surface area contributed by atoms with Gasteiger partial charge in [0.15, 0.2) is 0 Å². The van der Waals surface area contributed by atoms with E-state index in [1.54, 1.807) is 12.1 Å². The van der Waals surface area contributed by atoms with Crippen LogP contribution in [0.4, 0.5) is 5.69 Å². The zero-order valence-electron chi connectivity index (χ0n) is 8.21. The molecule has 0 saturated carbocycles. The van der Waals surface area contributed by atoms with E-state index in [2.05, 4.69) is 16.9 Å². The minimum absolute atomic E-state index is 0.265. The first-order valence-corrected chi connectivity index (χ1v) is 4.42. The summed E-state index contributed by atoms with van der Waals surface area (Å²) < 4.78 is 0. The molecule has 1 radical (unpaired) electrons. The van der Waals surface area contributed by atoms with Crippen LogP contribution in [0.5, 0.6) is 0 Å². The minimum atomic E-state index is 0.265. The van der Waals surface area contributed by atoms with Crippen LogP contribution in [0.3, 0.4) is 0 Å². The molecule has 0 saturated heterocycles. The summed E-state index contributed by atoms with van der Waals surface area (Å²) in [6.07, 6.45) is 0.713. The van der Waals surface area contributed by atoms with Gasteiger partial charge in [0.25, 0.3) is 0 Å². The number of azide groups is 1. The molecular formula is C10H11N4O. The van der Waals surface area contributed by atoms with Crippen molar-refractivity contribution in [2.24, 2.45) is 5.11 Å². The van der Waals surface area contributed by atoms with Crippen molar-refractivity contribution in [1.82, 2.24) is 0 Å². The van der Waals surface area contributed by atoms with Crippen LogP contribution in [0.2, 0.25) is 0 Å². The summed E-state index contributed by atoms with van der Waals surface area (Å²) in [5, 5.41) is 3.37. The number of carbonyl (C=O) groups excluding carboxylic acids is 1. The number of hydrogen-bond acceptors (Lipinski definition) is 2.